The van der Waals surface area contributed by atoms with Crippen LogP contribution in [0.5, 0.6) is 5.75 Å². The number of hydrogen-bond donors (Lipinski definition) is 2. The maximum absolute atomic E-state index is 12.9. The van der Waals surface area contributed by atoms with E-state index in [4.69, 9.17) is 4.74 Å². The van der Waals surface area contributed by atoms with E-state index in [1.165, 1.54) is 24.3 Å². The van der Waals surface area contributed by atoms with Gasteiger partial charge in [0.05, 0.1) is 18.4 Å². The van der Waals surface area contributed by atoms with Crippen LogP contribution in [0.2, 0.25) is 0 Å². The monoisotopic (exact) mass is 390 g/mol. The Morgan fingerprint density at radius 1 is 1.11 bits per heavy atom. The summed E-state index contributed by atoms with van der Waals surface area (Å²) in [7, 11) is -2.04. The molecule has 0 radical (unpaired) electrons. The normalized spacial score (nSPS) is 11.6. The maximum Gasteiger partial charge on any atom is 0.251 e. The van der Waals surface area contributed by atoms with Crippen molar-refractivity contribution in [3.63, 3.8) is 0 Å². The molecule has 0 amide bonds. The molecule has 0 aliphatic heterocycles. The van der Waals surface area contributed by atoms with Crippen LogP contribution in [0.1, 0.15) is 11.1 Å². The average Bonchev–Trinajstić information content (AvgIpc) is 2.63. The van der Waals surface area contributed by atoms with Crippen molar-refractivity contribution >= 4 is 20.9 Å². The van der Waals surface area contributed by atoms with Crippen LogP contribution in [0.15, 0.2) is 53.3 Å². The molecule has 3 rings (SSSR count). The minimum absolute atomic E-state index is 0.0915. The lowest BCUT2D eigenvalue weighted by Crippen LogP contribution is -2.28. The smallest absolute Gasteiger partial charge is 0.251 e. The Hall–Kier alpha value is -2.71. The Balaban J connectivity index is 1.66. The van der Waals surface area contributed by atoms with Crippen LogP contribution in [0.4, 0.5) is 4.39 Å². The highest BCUT2D eigenvalue weighted by Gasteiger charge is 2.12. The van der Waals surface area contributed by atoms with Crippen molar-refractivity contribution in [3.8, 4) is 5.75 Å². The quantitative estimate of drug-likeness (QED) is 0.648. The summed E-state index contributed by atoms with van der Waals surface area (Å²) < 4.78 is 44.8. The van der Waals surface area contributed by atoms with Gasteiger partial charge in [0.15, 0.2) is 0 Å². The molecule has 0 bridgehead atoms. The number of hydrogen-bond acceptors (Lipinski definition) is 4. The summed E-state index contributed by atoms with van der Waals surface area (Å²) in [4.78, 5) is 15.0. The molecule has 0 aliphatic rings. The van der Waals surface area contributed by atoms with Gasteiger partial charge in [-0.1, -0.05) is 12.1 Å². The van der Waals surface area contributed by atoms with Crippen molar-refractivity contribution in [2.75, 3.05) is 13.7 Å². The predicted octanol–water partition coefficient (Wildman–Crippen LogP) is 2.34. The number of aromatic nitrogens is 1. The fourth-order valence-corrected chi connectivity index (χ4v) is 3.88. The number of nitrogens with one attached hydrogen (secondary N) is 2. The first-order valence-electron chi connectivity index (χ1n) is 8.28. The molecule has 3 aromatic rings. The van der Waals surface area contributed by atoms with Gasteiger partial charge in [0.25, 0.3) is 5.56 Å². The first kappa shape index (κ1) is 19.1. The molecule has 1 aromatic heterocycles. The first-order chi connectivity index (χ1) is 12.9. The van der Waals surface area contributed by atoms with E-state index >= 15 is 0 Å². The summed E-state index contributed by atoms with van der Waals surface area (Å²) in [5.74, 6) is -0.0297. The van der Waals surface area contributed by atoms with Crippen molar-refractivity contribution < 1.29 is 17.5 Å². The van der Waals surface area contributed by atoms with Crippen LogP contribution in [0.3, 0.4) is 0 Å². The Morgan fingerprint density at radius 2 is 1.85 bits per heavy atom. The zero-order valence-corrected chi connectivity index (χ0v) is 15.5. The molecule has 0 fully saturated rings. The molecular formula is C19H19FN2O4S. The lowest BCUT2D eigenvalue weighted by atomic mass is 10.1. The van der Waals surface area contributed by atoms with E-state index in [2.05, 4.69) is 9.71 Å². The van der Waals surface area contributed by atoms with Gasteiger partial charge in [-0.25, -0.2) is 17.5 Å². The number of aromatic amines is 1. The Kier molecular flexibility index (Phi) is 5.57. The van der Waals surface area contributed by atoms with E-state index in [9.17, 15) is 17.6 Å². The highest BCUT2D eigenvalue weighted by Crippen LogP contribution is 2.18. The van der Waals surface area contributed by atoms with Gasteiger partial charge in [-0.05, 0) is 47.7 Å². The van der Waals surface area contributed by atoms with E-state index < -0.39 is 15.8 Å². The van der Waals surface area contributed by atoms with Crippen molar-refractivity contribution in [2.45, 2.75) is 12.2 Å². The lowest BCUT2D eigenvalue weighted by molar-refractivity contribution is 0.415. The van der Waals surface area contributed by atoms with Crippen LogP contribution < -0.4 is 15.0 Å². The Labute approximate surface area is 156 Å². The van der Waals surface area contributed by atoms with Gasteiger partial charge in [0.1, 0.15) is 11.6 Å². The number of benzene rings is 2. The fourth-order valence-electron chi connectivity index (χ4n) is 2.73. The topological polar surface area (TPSA) is 88.3 Å². The molecule has 0 saturated heterocycles. The number of sulfonamides is 1. The minimum Gasteiger partial charge on any atom is -0.497 e. The number of halogens is 1. The van der Waals surface area contributed by atoms with Crippen molar-refractivity contribution in [2.24, 2.45) is 0 Å². The highest BCUT2D eigenvalue weighted by atomic mass is 32.2. The van der Waals surface area contributed by atoms with Crippen LogP contribution in [0, 0.1) is 5.82 Å². The van der Waals surface area contributed by atoms with E-state index in [1.807, 2.05) is 6.07 Å². The third kappa shape index (κ3) is 4.93. The van der Waals surface area contributed by atoms with Crippen LogP contribution >= 0.6 is 0 Å². The SMILES string of the molecule is COc1ccc2cc(CCNS(=O)(=O)Cc3ccc(F)cc3)c(=O)[nH]c2c1. The number of rotatable bonds is 7. The number of fused-ring (bicyclic) bond motifs is 1. The minimum atomic E-state index is -3.58. The predicted molar refractivity (Wildman–Crippen MR) is 102 cm³/mol. The van der Waals surface area contributed by atoms with E-state index in [-0.39, 0.29) is 24.3 Å². The number of ether oxygens (including phenoxy) is 1. The number of methoxy groups -OCH3 is 1. The molecule has 2 N–H and O–H groups in total. The van der Waals surface area contributed by atoms with Crippen LogP contribution in [-0.2, 0) is 22.2 Å². The largest absolute Gasteiger partial charge is 0.497 e. The van der Waals surface area contributed by atoms with Gasteiger partial charge in [-0.15, -0.1) is 0 Å². The van der Waals surface area contributed by atoms with Gasteiger partial charge >= 0.3 is 0 Å². The Morgan fingerprint density at radius 3 is 2.56 bits per heavy atom. The molecule has 1 heterocycles. The molecule has 27 heavy (non-hydrogen) atoms. The molecular weight excluding hydrogens is 371 g/mol. The van der Waals surface area contributed by atoms with Gasteiger partial charge < -0.3 is 9.72 Å². The maximum atomic E-state index is 12.9. The summed E-state index contributed by atoms with van der Waals surface area (Å²) in [6.07, 6.45) is 0.250. The summed E-state index contributed by atoms with van der Waals surface area (Å²) in [6, 6.07) is 12.4. The molecule has 0 aliphatic carbocycles. The third-order valence-electron chi connectivity index (χ3n) is 4.12. The summed E-state index contributed by atoms with van der Waals surface area (Å²) >= 11 is 0. The van der Waals surface area contributed by atoms with Gasteiger partial charge in [0, 0.05) is 18.2 Å². The van der Waals surface area contributed by atoms with Crippen molar-refractivity contribution in [1.29, 1.82) is 0 Å². The average molecular weight is 390 g/mol. The van der Waals surface area contributed by atoms with E-state index in [1.54, 1.807) is 25.3 Å². The van der Waals surface area contributed by atoms with Crippen LogP contribution in [-0.4, -0.2) is 27.1 Å². The summed E-state index contributed by atoms with van der Waals surface area (Å²) in [5.41, 5.74) is 1.35. The van der Waals surface area contributed by atoms with E-state index in [0.29, 0.717) is 22.4 Å². The zero-order chi connectivity index (χ0) is 19.4. The lowest BCUT2D eigenvalue weighted by Gasteiger charge is -2.08. The van der Waals surface area contributed by atoms with Crippen LogP contribution in [0.25, 0.3) is 10.9 Å². The third-order valence-corrected chi connectivity index (χ3v) is 5.47. The standard InChI is InChI=1S/C19H19FN2O4S/c1-26-17-7-4-14-10-15(19(23)22-18(14)11-17)8-9-21-27(24,25)12-13-2-5-16(20)6-3-13/h2-7,10-11,21H,8-9,12H2,1H3,(H,22,23). The molecule has 2 aromatic carbocycles. The van der Waals surface area contributed by atoms with Crippen molar-refractivity contribution in [3.05, 3.63) is 75.8 Å². The second kappa shape index (κ2) is 7.89. The van der Waals surface area contributed by atoms with Crippen molar-refractivity contribution in [1.82, 2.24) is 9.71 Å². The second-order valence-corrected chi connectivity index (χ2v) is 7.91. The first-order valence-corrected chi connectivity index (χ1v) is 9.93. The van der Waals surface area contributed by atoms with Gasteiger partial charge in [-0.2, -0.15) is 0 Å². The summed E-state index contributed by atoms with van der Waals surface area (Å²) in [5, 5.41) is 0.833. The molecule has 0 saturated carbocycles. The van der Waals surface area contributed by atoms with Gasteiger partial charge in [-0.3, -0.25) is 4.79 Å². The molecule has 142 valence electrons. The summed E-state index contributed by atoms with van der Waals surface area (Å²) in [6.45, 7) is 0.0915. The second-order valence-electron chi connectivity index (χ2n) is 6.11. The van der Waals surface area contributed by atoms with Gasteiger partial charge in [0.2, 0.25) is 10.0 Å². The zero-order valence-electron chi connectivity index (χ0n) is 14.7. The molecule has 0 atom stereocenters. The molecule has 0 spiro atoms. The molecule has 6 nitrogen and oxygen atoms in total. The molecule has 0 unspecified atom stereocenters. The fraction of sp³-hybridized carbons (Fsp3) is 0.211. The number of H-pyrrole nitrogens is 1. The Bertz CT molecular complexity index is 1110. The number of pyridine rings is 1. The highest BCUT2D eigenvalue weighted by molar-refractivity contribution is 7.88. The van der Waals surface area contributed by atoms with E-state index in [0.717, 1.165) is 5.39 Å². The molecule has 8 heteroatoms.